The molecule has 1 N–H and O–H groups in total. The van der Waals surface area contributed by atoms with E-state index >= 15 is 0 Å². The van der Waals surface area contributed by atoms with Gasteiger partial charge in [-0.25, -0.2) is 4.39 Å². The molecule has 1 amide bonds. The minimum Gasteiger partial charge on any atom is -0.481 e. The van der Waals surface area contributed by atoms with Crippen LogP contribution >= 0.6 is 0 Å². The van der Waals surface area contributed by atoms with Crippen molar-refractivity contribution in [3.8, 4) is 11.8 Å². The average molecular weight is 405 g/mol. The summed E-state index contributed by atoms with van der Waals surface area (Å²) in [6.45, 7) is 0.139. The summed E-state index contributed by atoms with van der Waals surface area (Å²) in [5.41, 5.74) is -1.65. The molecule has 0 bridgehead atoms. The van der Waals surface area contributed by atoms with E-state index in [-0.39, 0.29) is 42.8 Å². The number of carbonyl (C=O) groups excluding carboxylic acids is 1. The molecule has 1 unspecified atom stereocenters. The largest absolute Gasteiger partial charge is 0.481 e. The van der Waals surface area contributed by atoms with Crippen LogP contribution < -0.4 is 14.8 Å². The van der Waals surface area contributed by atoms with Crippen molar-refractivity contribution in [3.63, 3.8) is 0 Å². The van der Waals surface area contributed by atoms with Crippen LogP contribution in [0.4, 0.5) is 17.6 Å². The number of likely N-dealkylation sites (tertiary alicyclic amines) is 1. The Morgan fingerprint density at radius 2 is 2.11 bits per heavy atom. The number of alkyl halides is 3. The number of pyridine rings is 1. The maximum absolute atomic E-state index is 14.3. The maximum Gasteiger partial charge on any atom is 0.397 e. The number of methoxy groups -OCH3 is 1. The normalized spacial score (nSPS) is 21.4. The fraction of sp³-hybridized carbons (Fsp3) is 0.667. The predicted octanol–water partition coefficient (Wildman–Crippen LogP) is 2.66. The van der Waals surface area contributed by atoms with E-state index in [1.54, 1.807) is 0 Å². The second kappa shape index (κ2) is 7.73. The highest BCUT2D eigenvalue weighted by Gasteiger charge is 2.64. The lowest BCUT2D eigenvalue weighted by molar-refractivity contribution is -0.194. The summed E-state index contributed by atoms with van der Waals surface area (Å²) in [6.07, 6.45) is -2.81. The number of hydrogen-bond donors (Lipinski definition) is 1. The van der Waals surface area contributed by atoms with Crippen molar-refractivity contribution in [2.75, 3.05) is 27.3 Å². The van der Waals surface area contributed by atoms with Gasteiger partial charge in [-0.1, -0.05) is 0 Å². The first-order valence-electron chi connectivity index (χ1n) is 9.08. The van der Waals surface area contributed by atoms with Crippen molar-refractivity contribution in [3.05, 3.63) is 17.4 Å². The van der Waals surface area contributed by atoms with Crippen LogP contribution in [-0.2, 0) is 11.3 Å². The molecule has 1 saturated heterocycles. The molecule has 0 aromatic carbocycles. The first-order valence-corrected chi connectivity index (χ1v) is 9.08. The van der Waals surface area contributed by atoms with E-state index in [9.17, 15) is 22.4 Å². The molecule has 6 nitrogen and oxygen atoms in total. The number of amides is 1. The maximum atomic E-state index is 14.3. The van der Waals surface area contributed by atoms with Crippen molar-refractivity contribution in [2.24, 2.45) is 5.41 Å². The smallest absolute Gasteiger partial charge is 0.397 e. The second-order valence-corrected chi connectivity index (χ2v) is 7.37. The van der Waals surface area contributed by atoms with Gasteiger partial charge in [-0.2, -0.15) is 18.2 Å². The minimum absolute atomic E-state index is 0.00617. The van der Waals surface area contributed by atoms with Gasteiger partial charge in [-0.05, 0) is 45.3 Å². The van der Waals surface area contributed by atoms with Gasteiger partial charge in [0.15, 0.2) is 5.82 Å². The molecule has 156 valence electrons. The molecule has 1 saturated carbocycles. The molecule has 2 fully saturated rings. The van der Waals surface area contributed by atoms with Crippen molar-refractivity contribution in [2.45, 2.75) is 44.4 Å². The highest BCUT2D eigenvalue weighted by molar-refractivity contribution is 5.82. The van der Waals surface area contributed by atoms with Gasteiger partial charge in [-0.15, -0.1) is 0 Å². The first-order chi connectivity index (χ1) is 13.2. The number of nitrogens with one attached hydrogen (secondary N) is 1. The second-order valence-electron chi connectivity index (χ2n) is 7.37. The molecule has 1 aromatic heterocycles. The van der Waals surface area contributed by atoms with Crippen molar-refractivity contribution in [1.29, 1.82) is 0 Å². The van der Waals surface area contributed by atoms with E-state index in [1.807, 2.05) is 11.9 Å². The molecule has 2 aliphatic rings. The summed E-state index contributed by atoms with van der Waals surface area (Å²) < 4.78 is 63.4. The summed E-state index contributed by atoms with van der Waals surface area (Å²) in [4.78, 5) is 18.0. The van der Waals surface area contributed by atoms with Crippen LogP contribution in [0, 0.1) is 11.2 Å². The topological polar surface area (TPSA) is 63.7 Å². The standard InChI is InChI=1S/C18H23F4N3O3/c1-25-7-3-4-13(25)14(26)23-9-11-8-12(19)16(24-15(11)27-2)28-10-17(5-6-17)18(20,21)22/h8,13H,3-7,9-10H2,1-2H3,(H,23,26). The summed E-state index contributed by atoms with van der Waals surface area (Å²) in [5.74, 6) is -1.63. The summed E-state index contributed by atoms with van der Waals surface area (Å²) >= 11 is 0. The number of hydrogen-bond acceptors (Lipinski definition) is 5. The lowest BCUT2D eigenvalue weighted by Crippen LogP contribution is -2.41. The summed E-state index contributed by atoms with van der Waals surface area (Å²) in [5, 5.41) is 2.72. The zero-order chi connectivity index (χ0) is 20.5. The van der Waals surface area contributed by atoms with Gasteiger partial charge < -0.3 is 14.8 Å². The highest BCUT2D eigenvalue weighted by atomic mass is 19.4. The minimum atomic E-state index is -4.40. The summed E-state index contributed by atoms with van der Waals surface area (Å²) in [7, 11) is 3.16. The Bertz CT molecular complexity index is 738. The van der Waals surface area contributed by atoms with Gasteiger partial charge in [0.2, 0.25) is 11.8 Å². The number of nitrogens with zero attached hydrogens (tertiary/aromatic N) is 2. The van der Waals surface area contributed by atoms with Gasteiger partial charge in [0.05, 0.1) is 13.2 Å². The third-order valence-corrected chi connectivity index (χ3v) is 5.39. The molecule has 1 aromatic rings. The molecule has 2 heterocycles. The SMILES string of the molecule is COc1nc(OCC2(C(F)(F)F)CC2)c(F)cc1CNC(=O)C1CCCN1C. The Kier molecular flexibility index (Phi) is 5.69. The molecule has 28 heavy (non-hydrogen) atoms. The van der Waals surface area contributed by atoms with Gasteiger partial charge in [0.25, 0.3) is 5.88 Å². The fourth-order valence-corrected chi connectivity index (χ4v) is 3.31. The number of halogens is 4. The number of carbonyl (C=O) groups is 1. The van der Waals surface area contributed by atoms with Crippen LogP contribution in [0.5, 0.6) is 11.8 Å². The van der Waals surface area contributed by atoms with Crippen molar-refractivity contribution >= 4 is 5.91 Å². The fourth-order valence-electron chi connectivity index (χ4n) is 3.31. The lowest BCUT2D eigenvalue weighted by Gasteiger charge is -2.20. The zero-order valence-corrected chi connectivity index (χ0v) is 15.7. The molecule has 1 aliphatic carbocycles. The van der Waals surface area contributed by atoms with Crippen LogP contribution in [0.2, 0.25) is 0 Å². The van der Waals surface area contributed by atoms with Crippen LogP contribution in [0.1, 0.15) is 31.2 Å². The van der Waals surface area contributed by atoms with Crippen LogP contribution in [-0.4, -0.2) is 55.3 Å². The van der Waals surface area contributed by atoms with Gasteiger partial charge >= 0.3 is 6.18 Å². The molecular weight excluding hydrogens is 382 g/mol. The Balaban J connectivity index is 1.65. The highest BCUT2D eigenvalue weighted by Crippen LogP contribution is 2.57. The van der Waals surface area contributed by atoms with E-state index < -0.39 is 29.9 Å². The van der Waals surface area contributed by atoms with Crippen molar-refractivity contribution in [1.82, 2.24) is 15.2 Å². The molecular formula is C18H23F4N3O3. The summed E-state index contributed by atoms with van der Waals surface area (Å²) in [6, 6.07) is 0.830. The quantitative estimate of drug-likeness (QED) is 0.707. The van der Waals surface area contributed by atoms with Gasteiger partial charge in [0.1, 0.15) is 12.0 Å². The number of ether oxygens (including phenoxy) is 2. The number of rotatable bonds is 7. The van der Waals surface area contributed by atoms with Gasteiger partial charge in [-0.3, -0.25) is 9.69 Å². The van der Waals surface area contributed by atoms with Gasteiger partial charge in [0, 0.05) is 12.1 Å². The molecule has 0 spiro atoms. The Morgan fingerprint density at radius 1 is 1.39 bits per heavy atom. The Morgan fingerprint density at radius 3 is 2.64 bits per heavy atom. The predicted molar refractivity (Wildman–Crippen MR) is 91.5 cm³/mol. The first kappa shape index (κ1) is 20.6. The third-order valence-electron chi connectivity index (χ3n) is 5.39. The zero-order valence-electron chi connectivity index (χ0n) is 15.7. The van der Waals surface area contributed by atoms with Crippen molar-refractivity contribution < 1.29 is 31.8 Å². The van der Waals surface area contributed by atoms with E-state index in [0.717, 1.165) is 25.5 Å². The molecule has 3 rings (SSSR count). The number of likely N-dealkylation sites (N-methyl/N-ethyl adjacent to an activating group) is 1. The van der Waals surface area contributed by atoms with E-state index in [1.165, 1.54) is 7.11 Å². The van der Waals surface area contributed by atoms with E-state index in [2.05, 4.69) is 10.3 Å². The molecule has 10 heteroatoms. The average Bonchev–Trinajstić information content (AvgIpc) is 3.33. The van der Waals surface area contributed by atoms with E-state index in [4.69, 9.17) is 9.47 Å². The molecule has 1 atom stereocenters. The molecule has 0 radical (unpaired) electrons. The van der Waals surface area contributed by atoms with Crippen LogP contribution in [0.15, 0.2) is 6.07 Å². The van der Waals surface area contributed by atoms with Crippen LogP contribution in [0.3, 0.4) is 0 Å². The lowest BCUT2D eigenvalue weighted by atomic mass is 10.1. The van der Waals surface area contributed by atoms with E-state index in [0.29, 0.717) is 0 Å². The van der Waals surface area contributed by atoms with Crippen LogP contribution in [0.25, 0.3) is 0 Å². The molecule has 1 aliphatic heterocycles. The number of aromatic nitrogens is 1. The third kappa shape index (κ3) is 4.16. The monoisotopic (exact) mass is 405 g/mol. The Hall–Kier alpha value is -2.10. The Labute approximate surface area is 160 Å².